The van der Waals surface area contributed by atoms with Crippen LogP contribution in [0.4, 0.5) is 4.39 Å². The topological polar surface area (TPSA) is 49.8 Å². The molecule has 0 radical (unpaired) electrons. The summed E-state index contributed by atoms with van der Waals surface area (Å²) in [6.07, 6.45) is -1.15. The fourth-order valence-corrected chi connectivity index (χ4v) is 2.81. The van der Waals surface area contributed by atoms with Gasteiger partial charge in [0, 0.05) is 12.0 Å². The monoisotopic (exact) mass is 252 g/mol. The SMILES string of the molecule is N#Cc1ccc2c(c1)C(F)C(c1ccccc1)C2N. The second-order valence-corrected chi connectivity index (χ2v) is 4.82. The van der Waals surface area contributed by atoms with Crippen LogP contribution in [0.2, 0.25) is 0 Å². The van der Waals surface area contributed by atoms with Gasteiger partial charge in [-0.1, -0.05) is 36.4 Å². The third-order valence-electron chi connectivity index (χ3n) is 3.76. The molecule has 0 bridgehead atoms. The van der Waals surface area contributed by atoms with Gasteiger partial charge in [0.05, 0.1) is 11.6 Å². The van der Waals surface area contributed by atoms with Crippen molar-refractivity contribution in [2.75, 3.05) is 0 Å². The summed E-state index contributed by atoms with van der Waals surface area (Å²) in [6, 6.07) is 16.2. The predicted octanol–water partition coefficient (Wildman–Crippen LogP) is 3.37. The van der Waals surface area contributed by atoms with Gasteiger partial charge in [0.25, 0.3) is 0 Å². The highest BCUT2D eigenvalue weighted by atomic mass is 19.1. The summed E-state index contributed by atoms with van der Waals surface area (Å²) in [5.41, 5.74) is 8.92. The van der Waals surface area contributed by atoms with Crippen LogP contribution in [0.15, 0.2) is 48.5 Å². The van der Waals surface area contributed by atoms with Crippen LogP contribution < -0.4 is 5.73 Å². The Kier molecular flexibility index (Phi) is 2.81. The normalized spacial score (nSPS) is 24.8. The highest BCUT2D eigenvalue weighted by Crippen LogP contribution is 2.50. The number of alkyl halides is 1. The van der Waals surface area contributed by atoms with E-state index in [2.05, 4.69) is 0 Å². The first kappa shape index (κ1) is 11.9. The Hall–Kier alpha value is -2.18. The summed E-state index contributed by atoms with van der Waals surface area (Å²) in [5.74, 6) is -0.370. The first-order valence-corrected chi connectivity index (χ1v) is 6.21. The van der Waals surface area contributed by atoms with Crippen LogP contribution >= 0.6 is 0 Å². The molecule has 0 saturated heterocycles. The zero-order chi connectivity index (χ0) is 13.4. The number of hydrogen-bond donors (Lipinski definition) is 1. The van der Waals surface area contributed by atoms with Gasteiger partial charge in [-0.25, -0.2) is 4.39 Å². The third-order valence-corrected chi connectivity index (χ3v) is 3.76. The van der Waals surface area contributed by atoms with E-state index in [9.17, 15) is 4.39 Å². The Morgan fingerprint density at radius 3 is 2.47 bits per heavy atom. The molecule has 0 aromatic heterocycles. The van der Waals surface area contributed by atoms with Gasteiger partial charge < -0.3 is 5.73 Å². The second-order valence-electron chi connectivity index (χ2n) is 4.82. The van der Waals surface area contributed by atoms with Gasteiger partial charge in [-0.2, -0.15) is 5.26 Å². The molecule has 1 aliphatic rings. The fourth-order valence-electron chi connectivity index (χ4n) is 2.81. The van der Waals surface area contributed by atoms with Gasteiger partial charge in [-0.15, -0.1) is 0 Å². The van der Waals surface area contributed by atoms with Crippen molar-refractivity contribution in [2.24, 2.45) is 5.73 Å². The Morgan fingerprint density at radius 1 is 1.05 bits per heavy atom. The molecule has 0 aliphatic heterocycles. The number of hydrogen-bond acceptors (Lipinski definition) is 2. The largest absolute Gasteiger partial charge is 0.323 e. The van der Waals surface area contributed by atoms with Crippen molar-refractivity contribution in [3.8, 4) is 6.07 Å². The highest BCUT2D eigenvalue weighted by Gasteiger charge is 2.40. The summed E-state index contributed by atoms with van der Waals surface area (Å²) in [6.45, 7) is 0. The van der Waals surface area contributed by atoms with E-state index >= 15 is 0 Å². The van der Waals surface area contributed by atoms with Crippen LogP contribution in [0.25, 0.3) is 0 Å². The average molecular weight is 252 g/mol. The van der Waals surface area contributed by atoms with Crippen molar-refractivity contribution in [1.29, 1.82) is 5.26 Å². The first-order chi connectivity index (χ1) is 9.22. The molecule has 3 heteroatoms. The molecule has 1 aliphatic carbocycles. The lowest BCUT2D eigenvalue weighted by Crippen LogP contribution is -2.16. The molecule has 2 nitrogen and oxygen atoms in total. The van der Waals surface area contributed by atoms with Gasteiger partial charge in [0.1, 0.15) is 6.17 Å². The lowest BCUT2D eigenvalue weighted by atomic mass is 9.92. The molecule has 0 saturated carbocycles. The summed E-state index contributed by atoms with van der Waals surface area (Å²) >= 11 is 0. The van der Waals surface area contributed by atoms with Crippen LogP contribution in [0, 0.1) is 11.3 Å². The van der Waals surface area contributed by atoms with Gasteiger partial charge in [0.2, 0.25) is 0 Å². The van der Waals surface area contributed by atoms with Gasteiger partial charge in [0.15, 0.2) is 0 Å². The van der Waals surface area contributed by atoms with E-state index in [0.29, 0.717) is 11.1 Å². The van der Waals surface area contributed by atoms with Crippen LogP contribution in [0.3, 0.4) is 0 Å². The quantitative estimate of drug-likeness (QED) is 0.846. The van der Waals surface area contributed by atoms with Crippen molar-refractivity contribution in [3.63, 3.8) is 0 Å². The maximum absolute atomic E-state index is 14.6. The van der Waals surface area contributed by atoms with E-state index in [1.807, 2.05) is 36.4 Å². The molecular formula is C16H13FN2. The van der Waals surface area contributed by atoms with Crippen molar-refractivity contribution in [3.05, 3.63) is 70.8 Å². The van der Waals surface area contributed by atoms with Crippen molar-refractivity contribution in [1.82, 2.24) is 0 Å². The van der Waals surface area contributed by atoms with Crippen molar-refractivity contribution >= 4 is 0 Å². The highest BCUT2D eigenvalue weighted by molar-refractivity contribution is 5.47. The summed E-state index contributed by atoms with van der Waals surface area (Å²) in [5, 5.41) is 8.90. The molecular weight excluding hydrogens is 239 g/mol. The van der Waals surface area contributed by atoms with E-state index in [1.165, 1.54) is 0 Å². The molecule has 3 rings (SSSR count). The number of nitrogens with two attached hydrogens (primary N) is 1. The molecule has 0 amide bonds. The maximum atomic E-state index is 14.6. The summed E-state index contributed by atoms with van der Waals surface area (Å²) in [7, 11) is 0. The number of halogens is 1. The van der Waals surface area contributed by atoms with E-state index in [-0.39, 0.29) is 12.0 Å². The van der Waals surface area contributed by atoms with E-state index < -0.39 is 6.17 Å². The number of benzene rings is 2. The zero-order valence-corrected chi connectivity index (χ0v) is 10.3. The van der Waals surface area contributed by atoms with Crippen LogP contribution in [-0.2, 0) is 0 Å². The van der Waals surface area contributed by atoms with Gasteiger partial charge in [-0.3, -0.25) is 0 Å². The zero-order valence-electron chi connectivity index (χ0n) is 10.3. The van der Waals surface area contributed by atoms with E-state index in [1.54, 1.807) is 18.2 Å². The summed E-state index contributed by atoms with van der Waals surface area (Å²) in [4.78, 5) is 0. The predicted molar refractivity (Wildman–Crippen MR) is 71.1 cm³/mol. The van der Waals surface area contributed by atoms with Crippen LogP contribution in [0.5, 0.6) is 0 Å². The smallest absolute Gasteiger partial charge is 0.134 e. The van der Waals surface area contributed by atoms with E-state index in [0.717, 1.165) is 11.1 Å². The Labute approximate surface area is 111 Å². The molecule has 0 fully saturated rings. The Morgan fingerprint density at radius 2 is 1.79 bits per heavy atom. The van der Waals surface area contributed by atoms with Gasteiger partial charge in [-0.05, 0) is 28.8 Å². The van der Waals surface area contributed by atoms with Crippen LogP contribution in [0.1, 0.15) is 40.4 Å². The Bertz CT molecular complexity index is 646. The second kappa shape index (κ2) is 4.49. The Balaban J connectivity index is 2.07. The molecule has 0 spiro atoms. The lowest BCUT2D eigenvalue weighted by molar-refractivity contribution is 0.289. The lowest BCUT2D eigenvalue weighted by Gasteiger charge is -2.18. The fraction of sp³-hybridized carbons (Fsp3) is 0.188. The van der Waals surface area contributed by atoms with Gasteiger partial charge >= 0.3 is 0 Å². The third kappa shape index (κ3) is 1.81. The minimum Gasteiger partial charge on any atom is -0.323 e. The van der Waals surface area contributed by atoms with Crippen molar-refractivity contribution in [2.45, 2.75) is 18.1 Å². The molecule has 3 atom stereocenters. The minimum absolute atomic E-state index is 0.361. The molecule has 2 aromatic rings. The molecule has 19 heavy (non-hydrogen) atoms. The standard InChI is InChI=1S/C16H13FN2/c17-15-13-8-10(9-18)6-7-12(13)16(19)14(15)11-4-2-1-3-5-11/h1-8,14-16H,19H2. The molecule has 2 N–H and O–H groups in total. The molecule has 3 unspecified atom stereocenters. The maximum Gasteiger partial charge on any atom is 0.134 e. The van der Waals surface area contributed by atoms with Crippen LogP contribution in [-0.4, -0.2) is 0 Å². The average Bonchev–Trinajstić information content (AvgIpc) is 2.71. The molecule has 0 heterocycles. The number of nitrogens with zero attached hydrogens (tertiary/aromatic N) is 1. The molecule has 94 valence electrons. The number of rotatable bonds is 1. The minimum atomic E-state index is -1.15. The number of fused-ring (bicyclic) bond motifs is 1. The number of nitriles is 1. The summed E-state index contributed by atoms with van der Waals surface area (Å²) < 4.78 is 14.6. The molecule has 2 aromatic carbocycles. The van der Waals surface area contributed by atoms with Crippen molar-refractivity contribution < 1.29 is 4.39 Å². The first-order valence-electron chi connectivity index (χ1n) is 6.21. The van der Waals surface area contributed by atoms with E-state index in [4.69, 9.17) is 11.0 Å².